The maximum atomic E-state index is 11.8. The van der Waals surface area contributed by atoms with E-state index in [0.29, 0.717) is 32.0 Å². The zero-order valence-electron chi connectivity index (χ0n) is 21.0. The smallest absolute Gasteiger partial charge is 0.233 e. The second-order valence-corrected chi connectivity index (χ2v) is 12.2. The Bertz CT molecular complexity index is 1770. The third-order valence-electron chi connectivity index (χ3n) is 7.87. The van der Waals surface area contributed by atoms with Gasteiger partial charge in [-0.25, -0.2) is 23.4 Å². The van der Waals surface area contributed by atoms with Crippen LogP contribution in [0.25, 0.3) is 27.8 Å². The molecule has 0 bridgehead atoms. The van der Waals surface area contributed by atoms with Crippen molar-refractivity contribution in [2.75, 3.05) is 37.3 Å². The molecule has 1 aliphatic carbocycles. The number of hydrogen-bond donors (Lipinski definition) is 0. The van der Waals surface area contributed by atoms with Gasteiger partial charge < -0.3 is 4.90 Å². The molecule has 0 atom stereocenters. The van der Waals surface area contributed by atoms with Gasteiger partial charge in [0.2, 0.25) is 15.8 Å². The van der Waals surface area contributed by atoms with Crippen LogP contribution in [0.1, 0.15) is 24.1 Å². The van der Waals surface area contributed by atoms with Crippen LogP contribution in [0, 0.1) is 0 Å². The van der Waals surface area contributed by atoms with Gasteiger partial charge in [0.25, 0.3) is 0 Å². The lowest BCUT2D eigenvalue weighted by molar-refractivity contribution is 0.387. The standard InChI is InChI=1S/C28H27N7O2S/c1-38(36,37)34-13-11-33(12-14-34)26-7-4-21(16-30-26)22-17-31-27-32-18-25(35(27)19-22)28(8-9-28)23-5-6-24-20(15-23)3-2-10-29-24/h2-7,10,15-19H,8-9,11-14H2,1H3. The van der Waals surface area contributed by atoms with Crippen LogP contribution >= 0.6 is 0 Å². The molecule has 2 fully saturated rings. The minimum Gasteiger partial charge on any atom is -0.354 e. The highest BCUT2D eigenvalue weighted by Crippen LogP contribution is 2.53. The maximum absolute atomic E-state index is 11.8. The zero-order valence-corrected chi connectivity index (χ0v) is 21.8. The zero-order chi connectivity index (χ0) is 25.9. The summed E-state index contributed by atoms with van der Waals surface area (Å²) in [5, 5.41) is 1.15. The molecule has 1 saturated carbocycles. The number of anilines is 1. The van der Waals surface area contributed by atoms with Crippen LogP contribution in [0.2, 0.25) is 0 Å². The molecule has 1 saturated heterocycles. The average Bonchev–Trinajstić information content (AvgIpc) is 3.64. The van der Waals surface area contributed by atoms with Crippen molar-refractivity contribution in [3.8, 4) is 11.1 Å². The van der Waals surface area contributed by atoms with E-state index in [1.807, 2.05) is 43.0 Å². The van der Waals surface area contributed by atoms with E-state index in [4.69, 9.17) is 4.98 Å². The van der Waals surface area contributed by atoms with Gasteiger partial charge in [0.15, 0.2) is 0 Å². The Morgan fingerprint density at radius 3 is 2.37 bits per heavy atom. The Hall–Kier alpha value is -3.89. The highest BCUT2D eigenvalue weighted by atomic mass is 32.2. The molecule has 0 unspecified atom stereocenters. The third-order valence-corrected chi connectivity index (χ3v) is 9.18. The first-order chi connectivity index (χ1) is 18.4. The van der Waals surface area contributed by atoms with Crippen LogP contribution in [0.5, 0.6) is 0 Å². The van der Waals surface area contributed by atoms with Crippen LogP contribution in [0.15, 0.2) is 73.4 Å². The summed E-state index contributed by atoms with van der Waals surface area (Å²) >= 11 is 0. The number of nitrogens with zero attached hydrogens (tertiary/aromatic N) is 7. The normalized spacial score (nSPS) is 17.8. The molecule has 2 aliphatic rings. The van der Waals surface area contributed by atoms with E-state index in [1.165, 1.54) is 16.1 Å². The van der Waals surface area contributed by atoms with Crippen LogP contribution in [0.3, 0.4) is 0 Å². The largest absolute Gasteiger partial charge is 0.354 e. The van der Waals surface area contributed by atoms with E-state index in [2.05, 4.69) is 54.7 Å². The van der Waals surface area contributed by atoms with Gasteiger partial charge in [0.1, 0.15) is 5.82 Å². The molecule has 38 heavy (non-hydrogen) atoms. The molecule has 192 valence electrons. The molecule has 7 rings (SSSR count). The number of piperazine rings is 1. The van der Waals surface area contributed by atoms with Gasteiger partial charge in [-0.2, -0.15) is 4.31 Å². The Labute approximate surface area is 220 Å². The van der Waals surface area contributed by atoms with Crippen LogP contribution in [-0.4, -0.2) is 69.5 Å². The molecule has 4 aromatic heterocycles. The molecule has 5 aromatic rings. The number of hydrogen-bond acceptors (Lipinski definition) is 7. The van der Waals surface area contributed by atoms with Gasteiger partial charge in [-0.3, -0.25) is 9.38 Å². The van der Waals surface area contributed by atoms with E-state index in [9.17, 15) is 8.42 Å². The fourth-order valence-electron chi connectivity index (χ4n) is 5.56. The van der Waals surface area contributed by atoms with E-state index in [1.54, 1.807) is 0 Å². The van der Waals surface area contributed by atoms with E-state index in [0.717, 1.165) is 46.4 Å². The van der Waals surface area contributed by atoms with Crippen molar-refractivity contribution < 1.29 is 8.42 Å². The predicted octanol–water partition coefficient (Wildman–Crippen LogP) is 3.50. The van der Waals surface area contributed by atoms with Crippen LogP contribution in [0.4, 0.5) is 5.82 Å². The maximum Gasteiger partial charge on any atom is 0.233 e. The van der Waals surface area contributed by atoms with E-state index < -0.39 is 10.0 Å². The van der Waals surface area contributed by atoms with Gasteiger partial charge in [0, 0.05) is 72.9 Å². The Morgan fingerprint density at radius 2 is 1.63 bits per heavy atom. The van der Waals surface area contributed by atoms with Crippen molar-refractivity contribution in [3.63, 3.8) is 0 Å². The predicted molar refractivity (Wildman–Crippen MR) is 147 cm³/mol. The summed E-state index contributed by atoms with van der Waals surface area (Å²) < 4.78 is 27.2. The molecule has 5 heterocycles. The number of rotatable bonds is 5. The molecule has 0 spiro atoms. The first-order valence-electron chi connectivity index (χ1n) is 12.8. The first-order valence-corrected chi connectivity index (χ1v) is 14.6. The summed E-state index contributed by atoms with van der Waals surface area (Å²) in [4.78, 5) is 20.5. The molecular formula is C28H27N7O2S. The number of fused-ring (bicyclic) bond motifs is 2. The Morgan fingerprint density at radius 1 is 0.842 bits per heavy atom. The lowest BCUT2D eigenvalue weighted by atomic mass is 9.91. The number of sulfonamides is 1. The van der Waals surface area contributed by atoms with Crippen molar-refractivity contribution in [1.82, 2.24) is 28.6 Å². The van der Waals surface area contributed by atoms with Crippen molar-refractivity contribution >= 4 is 32.5 Å². The van der Waals surface area contributed by atoms with Gasteiger partial charge >= 0.3 is 0 Å². The molecular weight excluding hydrogens is 498 g/mol. The van der Waals surface area contributed by atoms with E-state index >= 15 is 0 Å². The van der Waals surface area contributed by atoms with Gasteiger partial charge in [-0.1, -0.05) is 12.1 Å². The second-order valence-electron chi connectivity index (χ2n) is 10.2. The fraction of sp³-hybridized carbons (Fsp3) is 0.286. The Balaban J connectivity index is 1.17. The minimum absolute atomic E-state index is 0.0695. The number of pyridine rings is 2. The number of benzene rings is 1. The summed E-state index contributed by atoms with van der Waals surface area (Å²) in [6, 6.07) is 14.7. The third kappa shape index (κ3) is 3.91. The minimum atomic E-state index is -3.16. The molecule has 0 N–H and O–H groups in total. The first kappa shape index (κ1) is 23.2. The SMILES string of the molecule is CS(=O)(=O)N1CCN(c2ccc(-c3cnc4ncc(C5(c6ccc7ncccc7c6)CC5)n4c3)cn2)CC1. The summed E-state index contributed by atoms with van der Waals surface area (Å²) in [5.41, 5.74) is 5.31. The number of aromatic nitrogens is 5. The number of imidazole rings is 1. The van der Waals surface area contributed by atoms with Crippen molar-refractivity contribution in [2.45, 2.75) is 18.3 Å². The highest BCUT2D eigenvalue weighted by Gasteiger charge is 2.48. The van der Waals surface area contributed by atoms with Crippen LogP contribution < -0.4 is 4.90 Å². The van der Waals surface area contributed by atoms with Crippen molar-refractivity contribution in [2.24, 2.45) is 0 Å². The van der Waals surface area contributed by atoms with Crippen LogP contribution in [-0.2, 0) is 15.4 Å². The molecule has 0 radical (unpaired) electrons. The van der Waals surface area contributed by atoms with Crippen molar-refractivity contribution in [1.29, 1.82) is 0 Å². The lowest BCUT2D eigenvalue weighted by Crippen LogP contribution is -2.48. The summed E-state index contributed by atoms with van der Waals surface area (Å²) in [6.45, 7) is 2.19. The molecule has 1 aliphatic heterocycles. The molecule has 10 heteroatoms. The Kier molecular flexibility index (Phi) is 5.24. The van der Waals surface area contributed by atoms with Gasteiger partial charge in [-0.05, 0) is 48.7 Å². The van der Waals surface area contributed by atoms with Gasteiger partial charge in [-0.15, -0.1) is 0 Å². The molecule has 1 aromatic carbocycles. The van der Waals surface area contributed by atoms with E-state index in [-0.39, 0.29) is 5.41 Å². The summed E-state index contributed by atoms with van der Waals surface area (Å²) in [6.07, 6.45) is 13.0. The highest BCUT2D eigenvalue weighted by molar-refractivity contribution is 7.88. The summed E-state index contributed by atoms with van der Waals surface area (Å²) in [5.74, 6) is 1.53. The topological polar surface area (TPSA) is 96.6 Å². The summed E-state index contributed by atoms with van der Waals surface area (Å²) in [7, 11) is -3.16. The average molecular weight is 526 g/mol. The molecule has 0 amide bonds. The fourth-order valence-corrected chi connectivity index (χ4v) is 6.39. The molecule has 9 nitrogen and oxygen atoms in total. The quantitative estimate of drug-likeness (QED) is 0.347. The van der Waals surface area contributed by atoms with Crippen molar-refractivity contribution in [3.05, 3.63) is 84.7 Å². The second kappa shape index (κ2) is 8.57. The lowest BCUT2D eigenvalue weighted by Gasteiger charge is -2.34. The monoisotopic (exact) mass is 525 g/mol. The van der Waals surface area contributed by atoms with Gasteiger partial charge in [0.05, 0.1) is 23.7 Å².